The molecule has 2 aliphatic heterocycles. The number of unbranched alkanes of at least 4 members (excludes halogenated alkanes) is 9. The minimum atomic E-state index is -0.806. The van der Waals surface area contributed by atoms with E-state index >= 15 is 0 Å². The zero-order valence-corrected chi connectivity index (χ0v) is 23.8. The van der Waals surface area contributed by atoms with E-state index in [9.17, 15) is 5.11 Å². The maximum Gasteiger partial charge on any atom is 0.250 e. The van der Waals surface area contributed by atoms with Gasteiger partial charge in [0, 0.05) is 25.1 Å². The molecule has 1 fully saturated rings. The van der Waals surface area contributed by atoms with Crippen molar-refractivity contribution in [3.05, 3.63) is 12.7 Å². The summed E-state index contributed by atoms with van der Waals surface area (Å²) in [7, 11) is 0. The lowest BCUT2D eigenvalue weighted by molar-refractivity contribution is -0.540. The molecule has 0 bridgehead atoms. The van der Waals surface area contributed by atoms with Crippen molar-refractivity contribution in [1.29, 1.82) is 0 Å². The molecule has 2 rings (SSSR count). The molecule has 212 valence electrons. The second-order valence-corrected chi connectivity index (χ2v) is 11.6. The van der Waals surface area contributed by atoms with Crippen molar-refractivity contribution < 1.29 is 9.68 Å². The summed E-state index contributed by atoms with van der Waals surface area (Å²) in [6.07, 6.45) is 17.9. The Balaban J connectivity index is 1.93. The Morgan fingerprint density at radius 3 is 2.30 bits per heavy atom. The van der Waals surface area contributed by atoms with Gasteiger partial charge in [-0.25, -0.2) is 4.90 Å². The third kappa shape index (κ3) is 11.1. The fourth-order valence-electron chi connectivity index (χ4n) is 5.46. The Bertz CT molecular complexity index is 764. The summed E-state index contributed by atoms with van der Waals surface area (Å²) in [5, 5.41) is 12.2. The molecule has 0 amide bonds. The molecule has 37 heavy (non-hydrogen) atoms. The number of fused-ring (bicyclic) bond motifs is 1. The highest BCUT2D eigenvalue weighted by Crippen LogP contribution is 2.41. The van der Waals surface area contributed by atoms with E-state index in [0.29, 0.717) is 13.1 Å². The number of aliphatic hydroxyl groups is 1. The number of rotatable bonds is 20. The Hall–Kier alpha value is -1.94. The first-order valence-electron chi connectivity index (χ1n) is 14.3. The highest BCUT2D eigenvalue weighted by atomic mass is 32.2. The van der Waals surface area contributed by atoms with Gasteiger partial charge in [-0.05, 0) is 32.1 Å². The molecule has 10 heteroatoms. The quantitative estimate of drug-likeness (QED) is 0.0525. The van der Waals surface area contributed by atoms with E-state index in [1.807, 2.05) is 17.8 Å². The minimum absolute atomic E-state index is 0.127. The van der Waals surface area contributed by atoms with Crippen LogP contribution >= 0.6 is 11.8 Å². The molecular formula is C27H53N8OS+. The van der Waals surface area contributed by atoms with Gasteiger partial charge in [-0.3, -0.25) is 14.6 Å². The molecule has 0 aromatic carbocycles. The van der Waals surface area contributed by atoms with Crippen LogP contribution in [0.5, 0.6) is 0 Å². The lowest BCUT2D eigenvalue weighted by Crippen LogP contribution is -2.54. The van der Waals surface area contributed by atoms with Crippen molar-refractivity contribution in [2.45, 2.75) is 101 Å². The number of amidine groups is 1. The highest BCUT2D eigenvalue weighted by Gasteiger charge is 2.57. The van der Waals surface area contributed by atoms with E-state index in [-0.39, 0.29) is 17.2 Å². The van der Waals surface area contributed by atoms with Gasteiger partial charge in [0.1, 0.15) is 0 Å². The molecule has 2 aliphatic rings. The minimum Gasteiger partial charge on any atom is -0.370 e. The number of guanidine groups is 2. The predicted octanol–water partition coefficient (Wildman–Crippen LogP) is 2.71. The summed E-state index contributed by atoms with van der Waals surface area (Å²) < 4.78 is 2.48. The zero-order valence-electron chi connectivity index (χ0n) is 23.0. The molecule has 0 aliphatic carbocycles. The van der Waals surface area contributed by atoms with Crippen LogP contribution in [0.1, 0.15) is 89.9 Å². The van der Waals surface area contributed by atoms with Crippen LogP contribution in [0.25, 0.3) is 0 Å². The first-order valence-corrected chi connectivity index (χ1v) is 15.4. The Labute approximate surface area is 228 Å². The fourth-order valence-corrected chi connectivity index (χ4v) is 6.72. The number of nitrogens with two attached hydrogens (primary N) is 4. The zero-order chi connectivity index (χ0) is 26.9. The Morgan fingerprint density at radius 1 is 0.973 bits per heavy atom. The van der Waals surface area contributed by atoms with Gasteiger partial charge in [-0.2, -0.15) is 0 Å². The van der Waals surface area contributed by atoms with Crippen LogP contribution in [0.3, 0.4) is 0 Å². The smallest absolute Gasteiger partial charge is 0.250 e. The number of thioether (sulfide) groups is 1. The Kier molecular flexibility index (Phi) is 14.8. The summed E-state index contributed by atoms with van der Waals surface area (Å²) in [5.41, 5.74) is 21.1. The molecular weight excluding hydrogens is 484 g/mol. The molecule has 1 saturated heterocycles. The van der Waals surface area contributed by atoms with Crippen LogP contribution in [0.4, 0.5) is 0 Å². The summed E-state index contributed by atoms with van der Waals surface area (Å²) in [5.74, 6) is 2.38. The average Bonchev–Trinajstić information content (AvgIpc) is 3.15. The van der Waals surface area contributed by atoms with Crippen molar-refractivity contribution >= 4 is 29.5 Å². The number of hydrogen-bond acceptors (Lipinski definition) is 5. The standard InChI is InChI=1S/C27H53N8OS/c1-2-3-4-5-6-7-8-9-10-11-15-27(36)23(37-21-17-33-26(30)31)22-24-34(19-14-20-35(24)27)18-13-12-16-32-25(28)29/h2,23,36H,1,3-22H2,(H4,28,29,32)(H4,30,31,33)/q+1. The van der Waals surface area contributed by atoms with Crippen LogP contribution in [-0.2, 0) is 0 Å². The van der Waals surface area contributed by atoms with Gasteiger partial charge in [-0.15, -0.1) is 18.3 Å². The van der Waals surface area contributed by atoms with E-state index in [4.69, 9.17) is 22.9 Å². The SMILES string of the molecule is C=CCCCCCCCCCCC1(O)C(SCCN=C(N)N)CC2=[N+](CCCCN=C(N)N)CCCN21. The maximum atomic E-state index is 12.1. The number of aliphatic imine (C=N–C) groups is 2. The van der Waals surface area contributed by atoms with Crippen molar-refractivity contribution in [2.75, 3.05) is 38.5 Å². The maximum absolute atomic E-state index is 12.1. The molecule has 0 spiro atoms. The van der Waals surface area contributed by atoms with E-state index < -0.39 is 5.72 Å². The summed E-state index contributed by atoms with van der Waals surface area (Å²) in [6, 6.07) is 0. The number of allylic oxidation sites excluding steroid dienone is 1. The lowest BCUT2D eigenvalue weighted by Gasteiger charge is -2.35. The van der Waals surface area contributed by atoms with E-state index in [2.05, 4.69) is 26.0 Å². The van der Waals surface area contributed by atoms with Gasteiger partial charge in [-0.1, -0.05) is 44.6 Å². The van der Waals surface area contributed by atoms with Crippen LogP contribution in [0.15, 0.2) is 22.6 Å². The largest absolute Gasteiger partial charge is 0.370 e. The van der Waals surface area contributed by atoms with Gasteiger partial charge >= 0.3 is 0 Å². The van der Waals surface area contributed by atoms with Gasteiger partial charge in [0.05, 0.1) is 37.8 Å². The van der Waals surface area contributed by atoms with Crippen LogP contribution < -0.4 is 22.9 Å². The molecule has 2 heterocycles. The molecule has 0 aromatic heterocycles. The third-order valence-electron chi connectivity index (χ3n) is 7.38. The third-order valence-corrected chi connectivity index (χ3v) is 8.74. The van der Waals surface area contributed by atoms with Crippen molar-refractivity contribution in [3.63, 3.8) is 0 Å². The van der Waals surface area contributed by atoms with Crippen LogP contribution in [0.2, 0.25) is 0 Å². The fraction of sp³-hybridized carbons (Fsp3) is 0.815. The second-order valence-electron chi connectivity index (χ2n) is 10.3. The summed E-state index contributed by atoms with van der Waals surface area (Å²) in [6.45, 7) is 7.98. The molecule has 9 N–H and O–H groups in total. The molecule has 2 unspecified atom stereocenters. The first-order chi connectivity index (χ1) is 17.9. The first kappa shape index (κ1) is 31.3. The van der Waals surface area contributed by atoms with Crippen LogP contribution in [0, 0.1) is 0 Å². The predicted molar refractivity (Wildman–Crippen MR) is 159 cm³/mol. The van der Waals surface area contributed by atoms with E-state index in [1.165, 1.54) is 50.8 Å². The topological polar surface area (TPSA) is 155 Å². The molecule has 0 aromatic rings. The molecule has 0 saturated carbocycles. The normalized spacial score (nSPS) is 21.1. The van der Waals surface area contributed by atoms with E-state index in [1.54, 1.807) is 0 Å². The van der Waals surface area contributed by atoms with Crippen molar-refractivity contribution in [3.8, 4) is 0 Å². The van der Waals surface area contributed by atoms with E-state index in [0.717, 1.165) is 70.3 Å². The lowest BCUT2D eigenvalue weighted by atomic mass is 9.99. The van der Waals surface area contributed by atoms with Crippen LogP contribution in [-0.4, -0.2) is 81.8 Å². The van der Waals surface area contributed by atoms with Gasteiger partial charge in [0.2, 0.25) is 5.72 Å². The monoisotopic (exact) mass is 537 g/mol. The van der Waals surface area contributed by atoms with Gasteiger partial charge < -0.3 is 28.0 Å². The average molecular weight is 538 g/mol. The van der Waals surface area contributed by atoms with Crippen molar-refractivity contribution in [1.82, 2.24) is 4.90 Å². The van der Waals surface area contributed by atoms with Gasteiger partial charge in [0.15, 0.2) is 11.9 Å². The molecule has 2 atom stereocenters. The van der Waals surface area contributed by atoms with Gasteiger partial charge in [0.25, 0.3) is 5.84 Å². The number of hydrogen-bond donors (Lipinski definition) is 5. The second kappa shape index (κ2) is 17.5. The summed E-state index contributed by atoms with van der Waals surface area (Å²) in [4.78, 5) is 10.6. The Morgan fingerprint density at radius 2 is 1.62 bits per heavy atom. The number of nitrogens with zero attached hydrogens (tertiary/aromatic N) is 4. The molecule has 9 nitrogen and oxygen atoms in total. The van der Waals surface area contributed by atoms with Crippen molar-refractivity contribution in [2.24, 2.45) is 32.9 Å². The molecule has 0 radical (unpaired) electrons. The highest BCUT2D eigenvalue weighted by molar-refractivity contribution is 8.00. The summed E-state index contributed by atoms with van der Waals surface area (Å²) >= 11 is 1.81.